The van der Waals surface area contributed by atoms with Crippen LogP contribution in [0.2, 0.25) is 0 Å². The Bertz CT molecular complexity index is 1060. The van der Waals surface area contributed by atoms with Crippen LogP contribution >= 0.6 is 7.60 Å². The Morgan fingerprint density at radius 3 is 2.00 bits per heavy atom. The minimum atomic E-state index is -3.80. The van der Waals surface area contributed by atoms with Crippen molar-refractivity contribution in [2.75, 3.05) is 35.1 Å². The van der Waals surface area contributed by atoms with Gasteiger partial charge in [0.15, 0.2) is 23.0 Å². The van der Waals surface area contributed by atoms with Crippen LogP contribution in [0.15, 0.2) is 41.1 Å². The van der Waals surface area contributed by atoms with Crippen molar-refractivity contribution >= 4 is 7.60 Å². The first kappa shape index (κ1) is 21.5. The van der Waals surface area contributed by atoms with Crippen LogP contribution in [-0.4, -0.2) is 45.2 Å². The predicted molar refractivity (Wildman–Crippen MR) is 110 cm³/mol. The summed E-state index contributed by atoms with van der Waals surface area (Å²) in [4.78, 5) is 9.61. The lowest BCUT2D eigenvalue weighted by Crippen LogP contribution is -1.96. The lowest BCUT2D eigenvalue weighted by atomic mass is 10.0. The Labute approximate surface area is 173 Å². The summed E-state index contributed by atoms with van der Waals surface area (Å²) in [6.45, 7) is 1.09. The molecule has 2 aromatic carbocycles. The molecule has 9 nitrogen and oxygen atoms in total. The zero-order valence-corrected chi connectivity index (χ0v) is 18.1. The van der Waals surface area contributed by atoms with E-state index in [0.29, 0.717) is 45.4 Å². The maximum Gasteiger partial charge on any atom is 0.373 e. The quantitative estimate of drug-likeness (QED) is 0.520. The van der Waals surface area contributed by atoms with E-state index in [1.54, 1.807) is 30.3 Å². The molecule has 0 aliphatic carbocycles. The third-order valence-corrected chi connectivity index (χ3v) is 4.79. The Morgan fingerprint density at radius 2 is 1.47 bits per heavy atom. The molecule has 1 aromatic heterocycles. The van der Waals surface area contributed by atoms with Gasteiger partial charge in [0.1, 0.15) is 12.0 Å². The summed E-state index contributed by atoms with van der Waals surface area (Å²) >= 11 is 0. The van der Waals surface area contributed by atoms with Gasteiger partial charge in [0.2, 0.25) is 5.75 Å². The van der Waals surface area contributed by atoms with Gasteiger partial charge >= 0.3 is 7.60 Å². The van der Waals surface area contributed by atoms with Crippen molar-refractivity contribution in [1.29, 1.82) is 0 Å². The van der Waals surface area contributed by atoms with Crippen molar-refractivity contribution < 1.29 is 37.5 Å². The van der Waals surface area contributed by atoms with Gasteiger partial charge in [-0.3, -0.25) is 0 Å². The van der Waals surface area contributed by atoms with Crippen molar-refractivity contribution in [3.8, 4) is 51.1 Å². The Kier molecular flexibility index (Phi) is 6.24. The number of hydrogen-bond donors (Lipinski definition) is 1. The fourth-order valence-electron chi connectivity index (χ4n) is 2.96. The summed E-state index contributed by atoms with van der Waals surface area (Å²) in [5.41, 5.74) is 2.44. The molecule has 1 unspecified atom stereocenters. The SMILES string of the molecule is COc1ccc(-c2nocc2-c2cc(OC)c(OC)c(OC)c2)cc1OP(C)(=O)O. The van der Waals surface area contributed by atoms with Gasteiger partial charge in [-0.05, 0) is 35.9 Å². The van der Waals surface area contributed by atoms with E-state index in [1.165, 1.54) is 34.7 Å². The van der Waals surface area contributed by atoms with E-state index in [0.717, 1.165) is 6.66 Å². The molecule has 30 heavy (non-hydrogen) atoms. The third-order valence-electron chi connectivity index (χ3n) is 4.25. The molecule has 0 spiro atoms. The fraction of sp³-hybridized carbons (Fsp3) is 0.250. The number of ether oxygens (including phenoxy) is 4. The van der Waals surface area contributed by atoms with Crippen molar-refractivity contribution in [3.63, 3.8) is 0 Å². The molecular formula is C20H22NO8P. The normalized spacial score (nSPS) is 12.7. The second-order valence-electron chi connectivity index (χ2n) is 6.25. The van der Waals surface area contributed by atoms with E-state index < -0.39 is 7.60 Å². The molecule has 160 valence electrons. The molecule has 0 saturated carbocycles. The van der Waals surface area contributed by atoms with Gasteiger partial charge < -0.3 is 32.9 Å². The van der Waals surface area contributed by atoms with Gasteiger partial charge in [0, 0.05) is 17.8 Å². The van der Waals surface area contributed by atoms with Crippen LogP contribution in [0.5, 0.6) is 28.7 Å². The number of nitrogens with zero attached hydrogens (tertiary/aromatic N) is 1. The molecule has 0 aliphatic heterocycles. The topological polar surface area (TPSA) is 109 Å². The summed E-state index contributed by atoms with van der Waals surface area (Å²) < 4.78 is 43.6. The summed E-state index contributed by atoms with van der Waals surface area (Å²) in [5, 5.41) is 4.09. The van der Waals surface area contributed by atoms with Gasteiger partial charge in [-0.15, -0.1) is 0 Å². The molecule has 0 amide bonds. The average Bonchev–Trinajstić information content (AvgIpc) is 3.21. The zero-order chi connectivity index (χ0) is 21.9. The van der Waals surface area contributed by atoms with Crippen LogP contribution in [0.25, 0.3) is 22.4 Å². The highest BCUT2D eigenvalue weighted by Gasteiger charge is 2.21. The van der Waals surface area contributed by atoms with Crippen LogP contribution in [0.3, 0.4) is 0 Å². The van der Waals surface area contributed by atoms with Gasteiger partial charge in [-0.2, -0.15) is 0 Å². The molecular weight excluding hydrogens is 413 g/mol. The van der Waals surface area contributed by atoms with Crippen LogP contribution in [0.1, 0.15) is 0 Å². The van der Waals surface area contributed by atoms with Gasteiger partial charge in [-0.1, -0.05) is 5.16 Å². The van der Waals surface area contributed by atoms with Crippen molar-refractivity contribution in [2.24, 2.45) is 0 Å². The number of methoxy groups -OCH3 is 4. The first-order valence-corrected chi connectivity index (χ1v) is 10.8. The largest absolute Gasteiger partial charge is 0.493 e. The monoisotopic (exact) mass is 435 g/mol. The van der Waals surface area contributed by atoms with Crippen LogP contribution in [0.4, 0.5) is 0 Å². The molecule has 1 heterocycles. The Balaban J connectivity index is 2.13. The molecule has 0 bridgehead atoms. The second kappa shape index (κ2) is 8.69. The summed E-state index contributed by atoms with van der Waals surface area (Å²) in [7, 11) is 2.23. The lowest BCUT2D eigenvalue weighted by molar-refractivity contribution is 0.324. The summed E-state index contributed by atoms with van der Waals surface area (Å²) in [6.07, 6.45) is 1.48. The minimum Gasteiger partial charge on any atom is -0.493 e. The molecule has 0 fully saturated rings. The summed E-state index contributed by atoms with van der Waals surface area (Å²) in [6, 6.07) is 8.46. The van der Waals surface area contributed by atoms with E-state index in [2.05, 4.69) is 5.16 Å². The van der Waals surface area contributed by atoms with Crippen molar-refractivity contribution in [3.05, 3.63) is 36.6 Å². The minimum absolute atomic E-state index is 0.113. The Hall–Kier alpha value is -3.16. The van der Waals surface area contributed by atoms with Gasteiger partial charge in [0.05, 0.1) is 28.4 Å². The lowest BCUT2D eigenvalue weighted by Gasteiger charge is -2.15. The second-order valence-corrected chi connectivity index (χ2v) is 8.04. The van der Waals surface area contributed by atoms with Gasteiger partial charge in [-0.25, -0.2) is 4.57 Å². The number of rotatable bonds is 8. The first-order chi connectivity index (χ1) is 14.3. The van der Waals surface area contributed by atoms with Crippen molar-refractivity contribution in [1.82, 2.24) is 5.16 Å². The molecule has 0 aliphatic rings. The van der Waals surface area contributed by atoms with Crippen LogP contribution < -0.4 is 23.5 Å². The molecule has 0 radical (unpaired) electrons. The fourth-order valence-corrected chi connectivity index (χ4v) is 3.47. The third kappa shape index (κ3) is 4.37. The maximum atomic E-state index is 11.7. The standard InChI is InChI=1S/C20H22NO8P/c1-24-15-7-6-12(8-16(15)29-30(5,22)23)19-14(11-28-21-19)13-9-17(25-2)20(27-4)18(10-13)26-3/h6-11H,1-5H3,(H,22,23). The molecule has 3 rings (SSSR count). The van der Waals surface area contributed by atoms with E-state index >= 15 is 0 Å². The van der Waals surface area contributed by atoms with Crippen LogP contribution in [0, 0.1) is 0 Å². The van der Waals surface area contributed by atoms with E-state index in [1.807, 2.05) is 0 Å². The summed E-state index contributed by atoms with van der Waals surface area (Å²) in [5.74, 6) is 1.84. The maximum absolute atomic E-state index is 11.7. The molecule has 1 N–H and O–H groups in total. The smallest absolute Gasteiger partial charge is 0.373 e. The predicted octanol–water partition coefficient (Wildman–Crippen LogP) is 4.24. The van der Waals surface area contributed by atoms with E-state index in [4.69, 9.17) is 28.0 Å². The highest BCUT2D eigenvalue weighted by Crippen LogP contribution is 2.46. The van der Waals surface area contributed by atoms with Gasteiger partial charge in [0.25, 0.3) is 0 Å². The molecule has 3 aromatic rings. The van der Waals surface area contributed by atoms with Crippen LogP contribution in [-0.2, 0) is 4.57 Å². The van der Waals surface area contributed by atoms with E-state index in [-0.39, 0.29) is 5.75 Å². The Morgan fingerprint density at radius 1 is 0.867 bits per heavy atom. The highest BCUT2D eigenvalue weighted by molar-refractivity contribution is 7.52. The molecule has 1 atom stereocenters. The molecule has 0 saturated heterocycles. The highest BCUT2D eigenvalue weighted by atomic mass is 31.2. The number of hydrogen-bond acceptors (Lipinski definition) is 8. The average molecular weight is 435 g/mol. The number of benzene rings is 2. The van der Waals surface area contributed by atoms with Crippen molar-refractivity contribution in [2.45, 2.75) is 0 Å². The zero-order valence-electron chi connectivity index (χ0n) is 17.2. The first-order valence-electron chi connectivity index (χ1n) is 8.74. The van der Waals surface area contributed by atoms with E-state index in [9.17, 15) is 9.46 Å². The molecule has 10 heteroatoms. The number of aromatic nitrogens is 1.